The molecule has 1 atom stereocenters. The van der Waals surface area contributed by atoms with Gasteiger partial charge in [0.15, 0.2) is 9.84 Å². The number of morpholine rings is 1. The van der Waals surface area contributed by atoms with Gasteiger partial charge in [-0.3, -0.25) is 0 Å². The average molecular weight is 284 g/mol. The molecule has 1 aromatic rings. The fourth-order valence-corrected chi connectivity index (χ4v) is 4.00. The number of nitrogens with zero attached hydrogens (tertiary/aromatic N) is 1. The maximum atomic E-state index is 12.4. The van der Waals surface area contributed by atoms with Crippen LogP contribution < -0.4 is 5.73 Å². The average Bonchev–Trinajstić information content (AvgIpc) is 2.31. The molecule has 0 radical (unpaired) electrons. The molecule has 1 aliphatic rings. The molecule has 1 heterocycles. The summed E-state index contributed by atoms with van der Waals surface area (Å²) >= 11 is 0. The zero-order chi connectivity index (χ0) is 14.0. The van der Waals surface area contributed by atoms with Crippen LogP contribution in [0.5, 0.6) is 0 Å². The van der Waals surface area contributed by atoms with Crippen LogP contribution in [0, 0.1) is 6.92 Å². The Bertz CT molecular complexity index is 557. The number of hydrogen-bond acceptors (Lipinski definition) is 5. The third kappa shape index (κ3) is 3.46. The van der Waals surface area contributed by atoms with Gasteiger partial charge < -0.3 is 15.4 Å². The molecule has 1 aliphatic heterocycles. The molecule has 1 unspecified atom stereocenters. The van der Waals surface area contributed by atoms with Crippen LogP contribution in [0.3, 0.4) is 0 Å². The Balaban J connectivity index is 2.20. The minimum atomic E-state index is -3.37. The molecular weight excluding hydrogens is 264 g/mol. The highest BCUT2D eigenvalue weighted by Gasteiger charge is 2.26. The fourth-order valence-electron chi connectivity index (χ4n) is 2.25. The molecule has 1 fully saturated rings. The van der Waals surface area contributed by atoms with Gasteiger partial charge in [-0.05, 0) is 31.7 Å². The summed E-state index contributed by atoms with van der Waals surface area (Å²) < 4.78 is 30.4. The second-order valence-electron chi connectivity index (χ2n) is 5.06. The van der Waals surface area contributed by atoms with Gasteiger partial charge in [0.2, 0.25) is 0 Å². The Morgan fingerprint density at radius 1 is 1.47 bits per heavy atom. The Kier molecular flexibility index (Phi) is 4.13. The van der Waals surface area contributed by atoms with Crippen molar-refractivity contribution in [3.63, 3.8) is 0 Å². The van der Waals surface area contributed by atoms with Crippen LogP contribution in [0.25, 0.3) is 0 Å². The molecule has 0 amide bonds. The number of aryl methyl sites for hydroxylation is 1. The lowest BCUT2D eigenvalue weighted by atomic mass is 10.2. The number of nitrogen functional groups attached to an aromatic ring is 1. The van der Waals surface area contributed by atoms with E-state index in [4.69, 9.17) is 10.5 Å². The first-order valence-corrected chi connectivity index (χ1v) is 7.93. The second-order valence-corrected chi connectivity index (χ2v) is 7.06. The van der Waals surface area contributed by atoms with E-state index in [1.165, 1.54) is 6.07 Å². The van der Waals surface area contributed by atoms with Gasteiger partial charge in [-0.25, -0.2) is 8.42 Å². The zero-order valence-corrected chi connectivity index (χ0v) is 12.1. The maximum absolute atomic E-state index is 12.4. The number of likely N-dealkylation sites (N-methyl/N-ethyl adjacent to an activating group) is 1. The van der Waals surface area contributed by atoms with E-state index in [1.54, 1.807) is 19.1 Å². The topological polar surface area (TPSA) is 72.6 Å². The summed E-state index contributed by atoms with van der Waals surface area (Å²) in [5.41, 5.74) is 6.86. The molecular formula is C13H20N2O3S. The molecule has 5 nitrogen and oxygen atoms in total. The monoisotopic (exact) mass is 284 g/mol. The molecule has 0 aromatic heterocycles. The van der Waals surface area contributed by atoms with E-state index in [2.05, 4.69) is 4.90 Å². The molecule has 0 bridgehead atoms. The van der Waals surface area contributed by atoms with Crippen molar-refractivity contribution < 1.29 is 13.2 Å². The summed E-state index contributed by atoms with van der Waals surface area (Å²) in [7, 11) is -1.40. The van der Waals surface area contributed by atoms with Gasteiger partial charge in [-0.2, -0.15) is 0 Å². The van der Waals surface area contributed by atoms with Crippen LogP contribution in [0.15, 0.2) is 23.1 Å². The normalized spacial score (nSPS) is 21.5. The molecule has 2 rings (SSSR count). The van der Waals surface area contributed by atoms with Gasteiger partial charge in [0.1, 0.15) is 0 Å². The van der Waals surface area contributed by atoms with E-state index in [0.29, 0.717) is 23.7 Å². The Labute approximate surface area is 114 Å². The predicted molar refractivity (Wildman–Crippen MR) is 74.9 cm³/mol. The first-order valence-electron chi connectivity index (χ1n) is 6.27. The van der Waals surface area contributed by atoms with Gasteiger partial charge in [0.25, 0.3) is 0 Å². The first-order chi connectivity index (χ1) is 8.88. The number of hydrogen-bond donors (Lipinski definition) is 1. The Morgan fingerprint density at radius 3 is 2.89 bits per heavy atom. The summed E-state index contributed by atoms with van der Waals surface area (Å²) in [6.45, 7) is 3.83. The van der Waals surface area contributed by atoms with Crippen molar-refractivity contribution in [1.29, 1.82) is 0 Å². The van der Waals surface area contributed by atoms with E-state index in [1.807, 2.05) is 7.05 Å². The van der Waals surface area contributed by atoms with Crippen molar-refractivity contribution in [2.45, 2.75) is 17.9 Å². The highest BCUT2D eigenvalue weighted by Crippen LogP contribution is 2.21. The molecule has 1 aromatic carbocycles. The van der Waals surface area contributed by atoms with Gasteiger partial charge in [-0.15, -0.1) is 0 Å². The summed E-state index contributed by atoms with van der Waals surface area (Å²) in [6.07, 6.45) is -0.274. The van der Waals surface area contributed by atoms with Crippen LogP contribution in [0.4, 0.5) is 5.69 Å². The third-order valence-electron chi connectivity index (χ3n) is 3.29. The summed E-state index contributed by atoms with van der Waals surface area (Å²) in [5, 5.41) is 0. The predicted octanol–water partition coefficient (Wildman–Crippen LogP) is 0.682. The lowest BCUT2D eigenvalue weighted by Gasteiger charge is -2.29. The summed E-state index contributed by atoms with van der Waals surface area (Å²) in [6, 6.07) is 4.96. The van der Waals surface area contributed by atoms with Gasteiger partial charge in [-0.1, -0.05) is 6.07 Å². The number of ether oxygens (including phenoxy) is 1. The Morgan fingerprint density at radius 2 is 2.21 bits per heavy atom. The van der Waals surface area contributed by atoms with Crippen molar-refractivity contribution >= 4 is 15.5 Å². The third-order valence-corrected chi connectivity index (χ3v) is 5.22. The molecule has 1 saturated heterocycles. The molecule has 0 saturated carbocycles. The van der Waals surface area contributed by atoms with Gasteiger partial charge >= 0.3 is 0 Å². The highest BCUT2D eigenvalue weighted by atomic mass is 32.2. The van der Waals surface area contributed by atoms with Gasteiger partial charge in [0, 0.05) is 18.8 Å². The lowest BCUT2D eigenvalue weighted by Crippen LogP contribution is -2.43. The molecule has 106 valence electrons. The number of nitrogens with two attached hydrogens (primary N) is 1. The van der Waals surface area contributed by atoms with Crippen LogP contribution in [-0.4, -0.2) is 51.9 Å². The minimum absolute atomic E-state index is 0.00162. The highest BCUT2D eigenvalue weighted by molar-refractivity contribution is 7.91. The quantitative estimate of drug-likeness (QED) is 0.826. The van der Waals surface area contributed by atoms with Crippen LogP contribution in [0.2, 0.25) is 0 Å². The molecule has 6 heteroatoms. The van der Waals surface area contributed by atoms with E-state index in [-0.39, 0.29) is 11.9 Å². The molecule has 2 N–H and O–H groups in total. The zero-order valence-electron chi connectivity index (χ0n) is 11.3. The van der Waals surface area contributed by atoms with E-state index in [0.717, 1.165) is 12.1 Å². The van der Waals surface area contributed by atoms with Crippen LogP contribution in [-0.2, 0) is 14.6 Å². The molecule has 0 spiro atoms. The number of sulfone groups is 1. The van der Waals surface area contributed by atoms with Crippen LogP contribution >= 0.6 is 0 Å². The van der Waals surface area contributed by atoms with Crippen molar-refractivity contribution in [3.05, 3.63) is 23.8 Å². The largest absolute Gasteiger partial charge is 0.399 e. The Hall–Kier alpha value is -1.11. The van der Waals surface area contributed by atoms with Gasteiger partial charge in [0.05, 0.1) is 23.4 Å². The standard InChI is InChI=1S/C13H20N2O3S/c1-10-3-4-11(14)7-13(10)19(16,17)9-12-8-15(2)5-6-18-12/h3-4,7,12H,5-6,8-9,14H2,1-2H3. The second kappa shape index (κ2) is 5.48. The summed E-state index contributed by atoms with van der Waals surface area (Å²) in [4.78, 5) is 2.39. The van der Waals surface area contributed by atoms with Crippen molar-refractivity contribution in [2.75, 3.05) is 38.2 Å². The van der Waals surface area contributed by atoms with E-state index >= 15 is 0 Å². The van der Waals surface area contributed by atoms with E-state index < -0.39 is 9.84 Å². The van der Waals surface area contributed by atoms with Crippen molar-refractivity contribution in [1.82, 2.24) is 4.90 Å². The lowest BCUT2D eigenvalue weighted by molar-refractivity contribution is -0.00680. The number of anilines is 1. The summed E-state index contributed by atoms with van der Waals surface area (Å²) in [5.74, 6) is 0.00162. The first kappa shape index (κ1) is 14.3. The maximum Gasteiger partial charge on any atom is 0.181 e. The van der Waals surface area contributed by atoms with E-state index in [9.17, 15) is 8.42 Å². The molecule has 0 aliphatic carbocycles. The smallest absolute Gasteiger partial charge is 0.181 e. The van der Waals surface area contributed by atoms with Crippen LogP contribution in [0.1, 0.15) is 5.56 Å². The number of rotatable bonds is 3. The van der Waals surface area contributed by atoms with Crippen molar-refractivity contribution in [2.24, 2.45) is 0 Å². The minimum Gasteiger partial charge on any atom is -0.399 e. The fraction of sp³-hybridized carbons (Fsp3) is 0.538. The SMILES string of the molecule is Cc1ccc(N)cc1S(=O)(=O)CC1CN(C)CCO1. The van der Waals surface area contributed by atoms with Crippen molar-refractivity contribution in [3.8, 4) is 0 Å². The molecule has 19 heavy (non-hydrogen) atoms. The number of benzene rings is 1.